The van der Waals surface area contributed by atoms with Crippen LogP contribution in [0, 0.1) is 5.92 Å². The highest BCUT2D eigenvalue weighted by atomic mass is 32.1. The molecule has 0 unspecified atom stereocenters. The number of hydrogen-bond donors (Lipinski definition) is 2. The Kier molecular flexibility index (Phi) is 4.84. The summed E-state index contributed by atoms with van der Waals surface area (Å²) in [4.78, 5) is 13.4. The Morgan fingerprint density at radius 1 is 1.55 bits per heavy atom. The topological polar surface area (TPSA) is 84.1 Å². The lowest BCUT2D eigenvalue weighted by Crippen LogP contribution is -2.39. The van der Waals surface area contributed by atoms with Gasteiger partial charge in [-0.3, -0.25) is 4.79 Å². The molecule has 1 aromatic rings. The van der Waals surface area contributed by atoms with Gasteiger partial charge in [0.15, 0.2) is 5.82 Å². The van der Waals surface area contributed by atoms with Gasteiger partial charge < -0.3 is 16.0 Å². The molecule has 0 spiro atoms. The van der Waals surface area contributed by atoms with Gasteiger partial charge in [-0.2, -0.15) is 5.10 Å². The summed E-state index contributed by atoms with van der Waals surface area (Å²) in [6, 6.07) is 1.80. The van der Waals surface area contributed by atoms with Crippen molar-refractivity contribution in [2.45, 2.75) is 19.8 Å². The van der Waals surface area contributed by atoms with Crippen LogP contribution >= 0.6 is 12.2 Å². The zero-order chi connectivity index (χ0) is 14.5. The largest absolute Gasteiger partial charge is 0.389 e. The highest BCUT2D eigenvalue weighted by Gasteiger charge is 2.22. The Labute approximate surface area is 123 Å². The Balaban J connectivity index is 1.97. The third kappa shape index (κ3) is 3.63. The van der Waals surface area contributed by atoms with Gasteiger partial charge in [0.25, 0.3) is 0 Å². The van der Waals surface area contributed by atoms with Crippen LogP contribution in [0.25, 0.3) is 0 Å². The molecule has 0 aliphatic carbocycles. The predicted octanol–water partition coefficient (Wildman–Crippen LogP) is 0.463. The molecule has 1 amide bonds. The van der Waals surface area contributed by atoms with Crippen molar-refractivity contribution in [1.29, 1.82) is 0 Å². The quantitative estimate of drug-likeness (QED) is 0.785. The van der Waals surface area contributed by atoms with Crippen LogP contribution in [0.2, 0.25) is 0 Å². The van der Waals surface area contributed by atoms with Crippen molar-refractivity contribution in [3.8, 4) is 0 Å². The molecule has 3 N–H and O–H groups in total. The Bertz CT molecular complexity index is 499. The molecule has 0 radical (unpaired) electrons. The first-order valence-electron chi connectivity index (χ1n) is 6.69. The molecule has 0 atom stereocenters. The molecule has 20 heavy (non-hydrogen) atoms. The average molecular weight is 293 g/mol. The number of hydrogen-bond acceptors (Lipinski definition) is 5. The fourth-order valence-electron chi connectivity index (χ4n) is 2.39. The Morgan fingerprint density at radius 3 is 2.85 bits per heavy atom. The van der Waals surface area contributed by atoms with E-state index in [1.54, 1.807) is 19.2 Å². The summed E-state index contributed by atoms with van der Waals surface area (Å²) in [5.74, 6) is 1.30. The van der Waals surface area contributed by atoms with E-state index in [-0.39, 0.29) is 5.91 Å². The molecule has 2 rings (SSSR count). The third-order valence-electron chi connectivity index (χ3n) is 3.52. The summed E-state index contributed by atoms with van der Waals surface area (Å²) in [6.45, 7) is 4.03. The molecule has 108 valence electrons. The lowest BCUT2D eigenvalue weighted by atomic mass is 9.96. The maximum absolute atomic E-state index is 10.9. The summed E-state index contributed by atoms with van der Waals surface area (Å²) in [5, 5.41) is 11.0. The summed E-state index contributed by atoms with van der Waals surface area (Å²) in [5.41, 5.74) is 6.49. The predicted molar refractivity (Wildman–Crippen MR) is 81.5 cm³/mol. The van der Waals surface area contributed by atoms with E-state index >= 15 is 0 Å². The smallest absolute Gasteiger partial charge is 0.216 e. The number of nitrogens with two attached hydrogens (primary N) is 1. The fourth-order valence-corrected chi connectivity index (χ4v) is 2.55. The minimum absolute atomic E-state index is 0.0251. The zero-order valence-electron chi connectivity index (χ0n) is 11.5. The van der Waals surface area contributed by atoms with Crippen LogP contribution in [0.15, 0.2) is 12.3 Å². The van der Waals surface area contributed by atoms with Crippen LogP contribution in [0.4, 0.5) is 5.82 Å². The van der Waals surface area contributed by atoms with Crippen LogP contribution < -0.4 is 16.0 Å². The molecule has 0 aromatic carbocycles. The molecule has 1 fully saturated rings. The maximum Gasteiger partial charge on any atom is 0.216 e. The van der Waals surface area contributed by atoms with E-state index in [1.165, 1.54) is 0 Å². The Morgan fingerprint density at radius 2 is 2.25 bits per heavy atom. The lowest BCUT2D eigenvalue weighted by molar-refractivity contribution is -0.119. The second-order valence-electron chi connectivity index (χ2n) is 5.00. The number of thiocarbonyl (C=S) groups is 1. The van der Waals surface area contributed by atoms with Crippen LogP contribution in [0.3, 0.4) is 0 Å². The van der Waals surface area contributed by atoms with Crippen molar-refractivity contribution in [1.82, 2.24) is 15.5 Å². The number of carbonyl (C=O) groups is 1. The maximum atomic E-state index is 10.9. The summed E-state index contributed by atoms with van der Waals surface area (Å²) in [7, 11) is 0. The lowest BCUT2D eigenvalue weighted by Gasteiger charge is -2.33. The van der Waals surface area contributed by atoms with E-state index in [1.807, 2.05) is 0 Å². The van der Waals surface area contributed by atoms with Gasteiger partial charge in [-0.15, -0.1) is 5.10 Å². The number of nitrogens with zero attached hydrogens (tertiary/aromatic N) is 3. The molecular formula is C13H19N5OS. The van der Waals surface area contributed by atoms with E-state index in [0.717, 1.165) is 43.9 Å². The van der Waals surface area contributed by atoms with Crippen LogP contribution in [-0.2, 0) is 4.79 Å². The number of amides is 1. The van der Waals surface area contributed by atoms with E-state index in [9.17, 15) is 4.79 Å². The SMILES string of the molecule is CC(=O)NCC1CCN(c2nnccc2C(N)=S)CC1. The molecule has 1 saturated heterocycles. The van der Waals surface area contributed by atoms with Gasteiger partial charge in [-0.05, 0) is 24.8 Å². The van der Waals surface area contributed by atoms with E-state index < -0.39 is 0 Å². The van der Waals surface area contributed by atoms with Crippen LogP contribution in [0.1, 0.15) is 25.3 Å². The molecule has 1 aromatic heterocycles. The van der Waals surface area contributed by atoms with Gasteiger partial charge >= 0.3 is 0 Å². The normalized spacial score (nSPS) is 15.9. The van der Waals surface area contributed by atoms with Crippen molar-refractivity contribution in [3.05, 3.63) is 17.8 Å². The van der Waals surface area contributed by atoms with Crippen LogP contribution in [-0.4, -0.2) is 40.7 Å². The van der Waals surface area contributed by atoms with Gasteiger partial charge in [-0.1, -0.05) is 12.2 Å². The molecule has 0 saturated carbocycles. The molecule has 0 bridgehead atoms. The van der Waals surface area contributed by atoms with Crippen molar-refractivity contribution in [3.63, 3.8) is 0 Å². The van der Waals surface area contributed by atoms with Gasteiger partial charge in [0.2, 0.25) is 5.91 Å². The number of nitrogens with one attached hydrogen (secondary N) is 1. The second kappa shape index (κ2) is 6.60. The number of anilines is 1. The molecule has 1 aliphatic heterocycles. The summed E-state index contributed by atoms with van der Waals surface area (Å²) >= 11 is 5.05. The fraction of sp³-hybridized carbons (Fsp3) is 0.538. The number of carbonyl (C=O) groups excluding carboxylic acids is 1. The summed E-state index contributed by atoms with van der Waals surface area (Å²) < 4.78 is 0. The minimum Gasteiger partial charge on any atom is -0.389 e. The zero-order valence-corrected chi connectivity index (χ0v) is 12.3. The highest BCUT2D eigenvalue weighted by molar-refractivity contribution is 7.80. The van der Waals surface area contributed by atoms with Crippen molar-refractivity contribution >= 4 is 28.9 Å². The van der Waals surface area contributed by atoms with E-state index in [4.69, 9.17) is 18.0 Å². The van der Waals surface area contributed by atoms with Crippen molar-refractivity contribution in [2.24, 2.45) is 11.7 Å². The molecular weight excluding hydrogens is 274 g/mol. The summed E-state index contributed by atoms with van der Waals surface area (Å²) in [6.07, 6.45) is 3.61. The monoisotopic (exact) mass is 293 g/mol. The van der Waals surface area contributed by atoms with Gasteiger partial charge in [0.1, 0.15) is 4.99 Å². The molecule has 1 aliphatic rings. The Hall–Kier alpha value is -1.76. The van der Waals surface area contributed by atoms with Crippen LogP contribution in [0.5, 0.6) is 0 Å². The van der Waals surface area contributed by atoms with Crippen molar-refractivity contribution < 1.29 is 4.79 Å². The minimum atomic E-state index is 0.0251. The second-order valence-corrected chi connectivity index (χ2v) is 5.44. The number of rotatable bonds is 4. The standard InChI is InChI=1S/C13H19N5OS/c1-9(19)15-8-10-3-6-18(7-4-10)13-11(12(14)20)2-5-16-17-13/h2,5,10H,3-4,6-8H2,1H3,(H2,14,20)(H,15,19). The molecule has 7 heteroatoms. The number of piperidine rings is 1. The van der Waals surface area contributed by atoms with Gasteiger partial charge in [-0.25, -0.2) is 0 Å². The molecule has 2 heterocycles. The van der Waals surface area contributed by atoms with E-state index in [2.05, 4.69) is 20.4 Å². The molecule has 6 nitrogen and oxygen atoms in total. The van der Waals surface area contributed by atoms with Gasteiger partial charge in [0.05, 0.1) is 11.8 Å². The first-order chi connectivity index (χ1) is 9.58. The highest BCUT2D eigenvalue weighted by Crippen LogP contribution is 2.23. The average Bonchev–Trinajstić information content (AvgIpc) is 2.45. The first kappa shape index (κ1) is 14.6. The third-order valence-corrected chi connectivity index (χ3v) is 3.74. The number of aromatic nitrogens is 2. The van der Waals surface area contributed by atoms with E-state index in [0.29, 0.717) is 10.9 Å². The first-order valence-corrected chi connectivity index (χ1v) is 7.09. The van der Waals surface area contributed by atoms with Gasteiger partial charge in [0, 0.05) is 26.6 Å². The van der Waals surface area contributed by atoms with Crippen molar-refractivity contribution in [2.75, 3.05) is 24.5 Å².